The molecular formula is C23H23N3O2. The molecule has 0 saturated carbocycles. The molecule has 1 aliphatic carbocycles. The summed E-state index contributed by atoms with van der Waals surface area (Å²) in [7, 11) is 0. The number of anilines is 1. The fourth-order valence-corrected chi connectivity index (χ4v) is 4.45. The predicted molar refractivity (Wildman–Crippen MR) is 107 cm³/mol. The third-order valence-corrected chi connectivity index (χ3v) is 5.96. The molecule has 0 bridgehead atoms. The van der Waals surface area contributed by atoms with Gasteiger partial charge in [-0.05, 0) is 55.4 Å². The Morgan fingerprint density at radius 1 is 1.07 bits per heavy atom. The summed E-state index contributed by atoms with van der Waals surface area (Å²) in [6, 6.07) is 14.3. The van der Waals surface area contributed by atoms with Gasteiger partial charge >= 0.3 is 0 Å². The Morgan fingerprint density at radius 2 is 1.93 bits per heavy atom. The van der Waals surface area contributed by atoms with Crippen LogP contribution < -0.4 is 4.90 Å². The van der Waals surface area contributed by atoms with E-state index in [0.717, 1.165) is 29.7 Å². The summed E-state index contributed by atoms with van der Waals surface area (Å²) in [5, 5.41) is 4.17. The van der Waals surface area contributed by atoms with Crippen LogP contribution in [0.4, 0.5) is 5.69 Å². The van der Waals surface area contributed by atoms with E-state index in [4.69, 9.17) is 4.52 Å². The lowest BCUT2D eigenvalue weighted by Crippen LogP contribution is -2.26. The van der Waals surface area contributed by atoms with Crippen molar-refractivity contribution in [2.24, 2.45) is 0 Å². The number of aromatic nitrogens is 2. The van der Waals surface area contributed by atoms with E-state index in [9.17, 15) is 4.79 Å². The molecule has 5 rings (SSSR count). The number of nitrogens with zero attached hydrogens (tertiary/aromatic N) is 3. The Morgan fingerprint density at radius 3 is 2.82 bits per heavy atom. The Bertz CT molecular complexity index is 1040. The molecule has 2 aliphatic rings. The van der Waals surface area contributed by atoms with Gasteiger partial charge in [0.05, 0.1) is 5.92 Å². The van der Waals surface area contributed by atoms with Crippen molar-refractivity contribution >= 4 is 11.6 Å². The smallest absolute Gasteiger partial charge is 0.232 e. The van der Waals surface area contributed by atoms with Crippen molar-refractivity contribution in [2.45, 2.75) is 44.9 Å². The van der Waals surface area contributed by atoms with Crippen LogP contribution in [0.15, 0.2) is 47.0 Å². The molecule has 0 N–H and O–H groups in total. The van der Waals surface area contributed by atoms with E-state index in [-0.39, 0.29) is 11.8 Å². The molecular weight excluding hydrogens is 350 g/mol. The number of benzene rings is 2. The quantitative estimate of drug-likeness (QED) is 0.681. The predicted octanol–water partition coefficient (Wildman–Crippen LogP) is 4.44. The van der Waals surface area contributed by atoms with Gasteiger partial charge in [0.1, 0.15) is 0 Å². The molecule has 1 aromatic heterocycles. The van der Waals surface area contributed by atoms with Crippen LogP contribution in [-0.4, -0.2) is 22.6 Å². The average Bonchev–Trinajstić information content (AvgIpc) is 3.35. The monoisotopic (exact) mass is 373 g/mol. The van der Waals surface area contributed by atoms with Gasteiger partial charge in [0, 0.05) is 24.2 Å². The Kier molecular flexibility index (Phi) is 4.23. The molecule has 0 radical (unpaired) electrons. The van der Waals surface area contributed by atoms with Crippen molar-refractivity contribution in [3.63, 3.8) is 0 Å². The highest BCUT2D eigenvalue weighted by Crippen LogP contribution is 2.36. The SMILES string of the molecule is Cc1ccccc1-c1noc(C2CC(=O)N(c3cccc4c3CCCC4)C2)n1. The van der Waals surface area contributed by atoms with Crippen molar-refractivity contribution in [1.82, 2.24) is 10.1 Å². The largest absolute Gasteiger partial charge is 0.339 e. The van der Waals surface area contributed by atoms with E-state index in [1.807, 2.05) is 36.1 Å². The standard InChI is InChI=1S/C23H23N3O2/c1-15-7-2-4-10-18(15)22-24-23(28-25-22)17-13-21(27)26(14-17)20-12-6-9-16-8-3-5-11-19(16)20/h2,4,6-7,9-10,12,17H,3,5,8,11,13-14H2,1H3. The minimum Gasteiger partial charge on any atom is -0.339 e. The lowest BCUT2D eigenvalue weighted by atomic mass is 9.90. The van der Waals surface area contributed by atoms with E-state index < -0.39 is 0 Å². The highest BCUT2D eigenvalue weighted by Gasteiger charge is 2.36. The Hall–Kier alpha value is -2.95. The fraction of sp³-hybridized carbons (Fsp3) is 0.348. The van der Waals surface area contributed by atoms with Crippen LogP contribution in [0.3, 0.4) is 0 Å². The number of carbonyl (C=O) groups is 1. The van der Waals surface area contributed by atoms with Gasteiger partial charge in [-0.15, -0.1) is 0 Å². The van der Waals surface area contributed by atoms with E-state index in [2.05, 4.69) is 28.3 Å². The van der Waals surface area contributed by atoms with E-state index in [1.54, 1.807) is 0 Å². The highest BCUT2D eigenvalue weighted by molar-refractivity contribution is 5.97. The first-order chi connectivity index (χ1) is 13.7. The molecule has 1 unspecified atom stereocenters. The van der Waals surface area contributed by atoms with Crippen molar-refractivity contribution < 1.29 is 9.32 Å². The van der Waals surface area contributed by atoms with Gasteiger partial charge < -0.3 is 9.42 Å². The lowest BCUT2D eigenvalue weighted by molar-refractivity contribution is -0.117. The van der Waals surface area contributed by atoms with Crippen LogP contribution in [0.25, 0.3) is 11.4 Å². The first-order valence-electron chi connectivity index (χ1n) is 10.0. The van der Waals surface area contributed by atoms with Crippen LogP contribution in [0.5, 0.6) is 0 Å². The number of rotatable bonds is 3. The summed E-state index contributed by atoms with van der Waals surface area (Å²) in [4.78, 5) is 19.4. The molecule has 1 aliphatic heterocycles. The van der Waals surface area contributed by atoms with Crippen LogP contribution >= 0.6 is 0 Å². The molecule has 1 fully saturated rings. The molecule has 0 spiro atoms. The third-order valence-electron chi connectivity index (χ3n) is 5.96. The molecule has 5 heteroatoms. The normalized spacial score (nSPS) is 19.1. The maximum absolute atomic E-state index is 12.8. The second-order valence-corrected chi connectivity index (χ2v) is 7.80. The molecule has 1 saturated heterocycles. The van der Waals surface area contributed by atoms with E-state index in [0.29, 0.717) is 24.7 Å². The van der Waals surface area contributed by atoms with Crippen molar-refractivity contribution in [3.8, 4) is 11.4 Å². The minimum atomic E-state index is -0.0581. The molecule has 2 heterocycles. The second kappa shape index (κ2) is 6.89. The first kappa shape index (κ1) is 17.2. The first-order valence-corrected chi connectivity index (χ1v) is 10.0. The van der Waals surface area contributed by atoms with Gasteiger partial charge in [0.2, 0.25) is 17.6 Å². The van der Waals surface area contributed by atoms with Gasteiger partial charge in [0.25, 0.3) is 0 Å². The number of amides is 1. The van der Waals surface area contributed by atoms with Gasteiger partial charge in [-0.3, -0.25) is 4.79 Å². The van der Waals surface area contributed by atoms with Crippen LogP contribution in [0, 0.1) is 6.92 Å². The maximum atomic E-state index is 12.8. The summed E-state index contributed by atoms with van der Waals surface area (Å²) < 4.78 is 5.56. The summed E-state index contributed by atoms with van der Waals surface area (Å²) >= 11 is 0. The van der Waals surface area contributed by atoms with E-state index in [1.165, 1.54) is 24.0 Å². The molecule has 142 valence electrons. The summed E-state index contributed by atoms with van der Waals surface area (Å²) in [6.45, 7) is 2.63. The zero-order chi connectivity index (χ0) is 19.1. The number of aryl methyl sites for hydroxylation is 2. The number of carbonyl (C=O) groups excluding carboxylic acids is 1. The minimum absolute atomic E-state index is 0.0581. The van der Waals surface area contributed by atoms with Crippen molar-refractivity contribution in [2.75, 3.05) is 11.4 Å². The van der Waals surface area contributed by atoms with Crippen molar-refractivity contribution in [3.05, 3.63) is 65.0 Å². The Balaban J connectivity index is 1.42. The summed E-state index contributed by atoms with van der Waals surface area (Å²) in [6.07, 6.45) is 5.00. The second-order valence-electron chi connectivity index (χ2n) is 7.80. The lowest BCUT2D eigenvalue weighted by Gasteiger charge is -2.25. The molecule has 3 aromatic rings. The number of fused-ring (bicyclic) bond motifs is 1. The van der Waals surface area contributed by atoms with Gasteiger partial charge in [-0.25, -0.2) is 0 Å². The van der Waals surface area contributed by atoms with Crippen LogP contribution in [0.1, 0.15) is 47.8 Å². The molecule has 1 atom stereocenters. The molecule has 2 aromatic carbocycles. The average molecular weight is 373 g/mol. The third kappa shape index (κ3) is 2.91. The van der Waals surface area contributed by atoms with Crippen LogP contribution in [-0.2, 0) is 17.6 Å². The fourth-order valence-electron chi connectivity index (χ4n) is 4.45. The van der Waals surface area contributed by atoms with Gasteiger partial charge in [-0.1, -0.05) is 41.6 Å². The Labute approximate surface area is 164 Å². The molecule has 1 amide bonds. The zero-order valence-corrected chi connectivity index (χ0v) is 16.0. The van der Waals surface area contributed by atoms with Crippen LogP contribution in [0.2, 0.25) is 0 Å². The van der Waals surface area contributed by atoms with Gasteiger partial charge in [-0.2, -0.15) is 4.98 Å². The molecule has 5 nitrogen and oxygen atoms in total. The maximum Gasteiger partial charge on any atom is 0.232 e. The number of hydrogen-bond donors (Lipinski definition) is 0. The number of hydrogen-bond acceptors (Lipinski definition) is 4. The van der Waals surface area contributed by atoms with Crippen molar-refractivity contribution in [1.29, 1.82) is 0 Å². The van der Waals surface area contributed by atoms with Gasteiger partial charge in [0.15, 0.2) is 0 Å². The highest BCUT2D eigenvalue weighted by atomic mass is 16.5. The zero-order valence-electron chi connectivity index (χ0n) is 16.0. The van der Waals surface area contributed by atoms with E-state index >= 15 is 0 Å². The summed E-state index contributed by atoms with van der Waals surface area (Å²) in [5.41, 5.74) is 5.88. The summed E-state index contributed by atoms with van der Waals surface area (Å²) in [5.74, 6) is 1.23. The molecule has 28 heavy (non-hydrogen) atoms. The topological polar surface area (TPSA) is 59.2 Å².